The van der Waals surface area contributed by atoms with Gasteiger partial charge in [0.2, 0.25) is 0 Å². The highest BCUT2D eigenvalue weighted by Gasteiger charge is 2.21. The molecular weight excluding hydrogens is 332 g/mol. The van der Waals surface area contributed by atoms with Crippen LogP contribution in [-0.2, 0) is 11.3 Å². The molecule has 2 aromatic rings. The van der Waals surface area contributed by atoms with E-state index in [4.69, 9.17) is 22.1 Å². The number of alkyl carbamates (subject to hydrolysis) is 1. The van der Waals surface area contributed by atoms with Gasteiger partial charge in [-0.15, -0.1) is 0 Å². The Morgan fingerprint density at radius 2 is 1.92 bits per heavy atom. The minimum absolute atomic E-state index is 0.120. The number of carbonyl (C=O) groups is 1. The molecule has 0 aliphatic rings. The van der Waals surface area contributed by atoms with Crippen molar-refractivity contribution in [1.29, 1.82) is 0 Å². The van der Waals surface area contributed by atoms with E-state index in [0.29, 0.717) is 10.6 Å². The minimum Gasteiger partial charge on any atom is -0.445 e. The van der Waals surface area contributed by atoms with Gasteiger partial charge in [0.1, 0.15) is 18.8 Å². The quantitative estimate of drug-likeness (QED) is 0.598. The predicted molar refractivity (Wildman–Crippen MR) is 91.5 cm³/mol. The van der Waals surface area contributed by atoms with Crippen LogP contribution in [0.1, 0.15) is 17.2 Å². The van der Waals surface area contributed by atoms with Crippen molar-refractivity contribution in [2.24, 2.45) is 0 Å². The van der Waals surface area contributed by atoms with E-state index in [1.165, 1.54) is 12.1 Å². The summed E-state index contributed by atoms with van der Waals surface area (Å²) in [5, 5.41) is 22.9. The molecule has 7 heteroatoms. The van der Waals surface area contributed by atoms with Gasteiger partial charge in [0.15, 0.2) is 0 Å². The summed E-state index contributed by atoms with van der Waals surface area (Å²) in [6.45, 7) is -0.0632. The summed E-state index contributed by atoms with van der Waals surface area (Å²) in [5.74, 6) is 0. The third kappa shape index (κ3) is 5.13. The molecule has 0 spiro atoms. The van der Waals surface area contributed by atoms with Crippen molar-refractivity contribution in [1.82, 2.24) is 5.32 Å². The van der Waals surface area contributed by atoms with Crippen LogP contribution >= 0.6 is 11.6 Å². The summed E-state index contributed by atoms with van der Waals surface area (Å²) < 4.78 is 5.02. The first kappa shape index (κ1) is 18.1. The number of anilines is 1. The smallest absolute Gasteiger partial charge is 0.407 e. The van der Waals surface area contributed by atoms with Gasteiger partial charge in [0.05, 0.1) is 0 Å². The zero-order chi connectivity index (χ0) is 17.5. The third-order valence-corrected chi connectivity index (χ3v) is 3.64. The molecule has 2 rings (SSSR count). The van der Waals surface area contributed by atoms with Crippen molar-refractivity contribution in [3.8, 4) is 0 Å². The maximum atomic E-state index is 11.6. The molecule has 0 aliphatic carbocycles. The first-order chi connectivity index (χ1) is 11.5. The molecule has 2 aromatic carbocycles. The van der Waals surface area contributed by atoms with E-state index in [2.05, 4.69) is 5.32 Å². The molecule has 2 unspecified atom stereocenters. The van der Waals surface area contributed by atoms with Crippen molar-refractivity contribution in [3.63, 3.8) is 0 Å². The summed E-state index contributed by atoms with van der Waals surface area (Å²) in [5.41, 5.74) is 7.21. The van der Waals surface area contributed by atoms with Crippen LogP contribution < -0.4 is 11.1 Å². The highest BCUT2D eigenvalue weighted by Crippen LogP contribution is 2.25. The molecule has 0 aliphatic heterocycles. The summed E-state index contributed by atoms with van der Waals surface area (Å²) in [7, 11) is 0. The predicted octanol–water partition coefficient (Wildman–Crippen LogP) is 2.24. The van der Waals surface area contributed by atoms with Crippen LogP contribution in [0, 0.1) is 0 Å². The number of ether oxygens (including phenoxy) is 1. The number of benzene rings is 2. The van der Waals surface area contributed by atoms with E-state index in [0.717, 1.165) is 5.56 Å². The van der Waals surface area contributed by atoms with Gasteiger partial charge in [0, 0.05) is 22.8 Å². The van der Waals surface area contributed by atoms with Crippen LogP contribution in [0.15, 0.2) is 48.5 Å². The molecule has 0 saturated heterocycles. The van der Waals surface area contributed by atoms with Gasteiger partial charge in [-0.25, -0.2) is 4.79 Å². The Labute approximate surface area is 144 Å². The van der Waals surface area contributed by atoms with E-state index in [9.17, 15) is 15.0 Å². The minimum atomic E-state index is -1.25. The zero-order valence-electron chi connectivity index (χ0n) is 12.9. The summed E-state index contributed by atoms with van der Waals surface area (Å²) in [4.78, 5) is 11.6. The fraction of sp³-hybridized carbons (Fsp3) is 0.235. The maximum Gasteiger partial charge on any atom is 0.407 e. The van der Waals surface area contributed by atoms with E-state index in [1.807, 2.05) is 30.3 Å². The molecular formula is C17H19ClN2O4. The number of aliphatic hydroxyl groups excluding tert-OH is 2. The molecule has 24 heavy (non-hydrogen) atoms. The van der Waals surface area contributed by atoms with Crippen LogP contribution in [-0.4, -0.2) is 29.0 Å². The topological polar surface area (TPSA) is 105 Å². The average molecular weight is 351 g/mol. The zero-order valence-corrected chi connectivity index (χ0v) is 13.6. The first-order valence-electron chi connectivity index (χ1n) is 7.33. The lowest BCUT2D eigenvalue weighted by Crippen LogP contribution is -2.36. The van der Waals surface area contributed by atoms with Gasteiger partial charge in [0.25, 0.3) is 0 Å². The second kappa shape index (κ2) is 8.54. The number of nitrogen functional groups attached to an aromatic ring is 1. The van der Waals surface area contributed by atoms with Crippen molar-refractivity contribution in [2.45, 2.75) is 18.8 Å². The number of halogens is 1. The molecule has 1 amide bonds. The molecule has 0 fully saturated rings. The van der Waals surface area contributed by atoms with Gasteiger partial charge in [-0.2, -0.15) is 0 Å². The van der Waals surface area contributed by atoms with Crippen LogP contribution in [0.3, 0.4) is 0 Å². The molecule has 0 bridgehead atoms. The number of hydrogen-bond acceptors (Lipinski definition) is 5. The second-order valence-electron chi connectivity index (χ2n) is 5.23. The van der Waals surface area contributed by atoms with Crippen molar-refractivity contribution in [3.05, 3.63) is 64.7 Å². The number of nitrogens with two attached hydrogens (primary N) is 1. The SMILES string of the molecule is Nc1cc(Cl)ccc1C(O)C(O)CNC(=O)OCc1ccccc1. The van der Waals surface area contributed by atoms with E-state index in [-0.39, 0.29) is 18.8 Å². The summed E-state index contributed by atoms with van der Waals surface area (Å²) in [6, 6.07) is 13.8. The number of hydrogen-bond donors (Lipinski definition) is 4. The van der Waals surface area contributed by atoms with Crippen LogP contribution in [0.4, 0.5) is 10.5 Å². The molecule has 6 nitrogen and oxygen atoms in total. The van der Waals surface area contributed by atoms with E-state index >= 15 is 0 Å². The summed E-state index contributed by atoms with van der Waals surface area (Å²) in [6.07, 6.45) is -3.18. The summed E-state index contributed by atoms with van der Waals surface area (Å²) >= 11 is 5.79. The van der Waals surface area contributed by atoms with Gasteiger partial charge >= 0.3 is 6.09 Å². The number of amides is 1. The number of rotatable bonds is 6. The number of carbonyl (C=O) groups excluding carboxylic acids is 1. The molecule has 2 atom stereocenters. The molecule has 5 N–H and O–H groups in total. The standard InChI is InChI=1S/C17H19ClN2O4/c18-12-6-7-13(14(19)8-12)16(22)15(21)9-20-17(23)24-10-11-4-2-1-3-5-11/h1-8,15-16,21-22H,9-10,19H2,(H,20,23). The number of aliphatic hydroxyl groups is 2. The van der Waals surface area contributed by atoms with Gasteiger partial charge in [-0.1, -0.05) is 48.0 Å². The molecule has 0 aromatic heterocycles. The molecule has 0 radical (unpaired) electrons. The average Bonchev–Trinajstić information content (AvgIpc) is 2.58. The van der Waals surface area contributed by atoms with Crippen molar-refractivity contribution >= 4 is 23.4 Å². The third-order valence-electron chi connectivity index (χ3n) is 3.40. The lowest BCUT2D eigenvalue weighted by atomic mass is 10.0. The fourth-order valence-electron chi connectivity index (χ4n) is 2.10. The first-order valence-corrected chi connectivity index (χ1v) is 7.71. The molecule has 128 valence electrons. The van der Waals surface area contributed by atoms with Crippen LogP contribution in [0.5, 0.6) is 0 Å². The van der Waals surface area contributed by atoms with Crippen LogP contribution in [0.2, 0.25) is 5.02 Å². The normalized spacial score (nSPS) is 13.1. The lowest BCUT2D eigenvalue weighted by Gasteiger charge is -2.20. The monoisotopic (exact) mass is 350 g/mol. The highest BCUT2D eigenvalue weighted by atomic mass is 35.5. The molecule has 0 heterocycles. The lowest BCUT2D eigenvalue weighted by molar-refractivity contribution is 0.0188. The Kier molecular flexibility index (Phi) is 6.43. The molecule has 0 saturated carbocycles. The van der Waals surface area contributed by atoms with Gasteiger partial charge < -0.3 is 26.0 Å². The van der Waals surface area contributed by atoms with Gasteiger partial charge in [-0.05, 0) is 17.7 Å². The van der Waals surface area contributed by atoms with Crippen molar-refractivity contribution in [2.75, 3.05) is 12.3 Å². The second-order valence-corrected chi connectivity index (χ2v) is 5.66. The Bertz CT molecular complexity index is 682. The maximum absolute atomic E-state index is 11.6. The van der Waals surface area contributed by atoms with Gasteiger partial charge in [-0.3, -0.25) is 0 Å². The highest BCUT2D eigenvalue weighted by molar-refractivity contribution is 6.30. The van der Waals surface area contributed by atoms with Crippen LogP contribution in [0.25, 0.3) is 0 Å². The van der Waals surface area contributed by atoms with Crippen molar-refractivity contribution < 1.29 is 19.7 Å². The van der Waals surface area contributed by atoms with E-state index < -0.39 is 18.3 Å². The Hall–Kier alpha value is -2.28. The Morgan fingerprint density at radius 3 is 2.58 bits per heavy atom. The largest absolute Gasteiger partial charge is 0.445 e. The Balaban J connectivity index is 1.81. The Morgan fingerprint density at radius 1 is 1.21 bits per heavy atom. The number of nitrogens with one attached hydrogen (secondary N) is 1. The fourth-order valence-corrected chi connectivity index (χ4v) is 2.28. The van der Waals surface area contributed by atoms with E-state index in [1.54, 1.807) is 6.07 Å².